The highest BCUT2D eigenvalue weighted by atomic mass is 79.9. The molecule has 0 aliphatic heterocycles. The Bertz CT molecular complexity index is 403. The Morgan fingerprint density at radius 3 is 2.47 bits per heavy atom. The molecule has 0 atom stereocenters. The van der Waals surface area contributed by atoms with Gasteiger partial charge in [-0.15, -0.1) is 0 Å². The Labute approximate surface area is 120 Å². The SMILES string of the molecule is CC(C)(C)OC(=O)COCCOc1ncc(Br)cn1. The van der Waals surface area contributed by atoms with Crippen LogP contribution in [0.5, 0.6) is 6.01 Å². The number of hydrogen-bond donors (Lipinski definition) is 0. The van der Waals surface area contributed by atoms with Crippen molar-refractivity contribution in [1.82, 2.24) is 9.97 Å². The monoisotopic (exact) mass is 332 g/mol. The summed E-state index contributed by atoms with van der Waals surface area (Å²) in [4.78, 5) is 19.2. The number of nitrogens with zero attached hydrogens (tertiary/aromatic N) is 2. The van der Waals surface area contributed by atoms with Gasteiger partial charge in [0.25, 0.3) is 0 Å². The second-order valence-corrected chi connectivity index (χ2v) is 5.59. The first-order valence-electron chi connectivity index (χ1n) is 5.77. The quantitative estimate of drug-likeness (QED) is 0.586. The van der Waals surface area contributed by atoms with E-state index in [2.05, 4.69) is 25.9 Å². The van der Waals surface area contributed by atoms with Gasteiger partial charge in [-0.3, -0.25) is 0 Å². The van der Waals surface area contributed by atoms with E-state index in [1.165, 1.54) is 0 Å². The second kappa shape index (κ2) is 7.40. The van der Waals surface area contributed by atoms with E-state index in [0.717, 1.165) is 4.47 Å². The van der Waals surface area contributed by atoms with E-state index >= 15 is 0 Å². The molecule has 1 rings (SSSR count). The molecule has 0 bridgehead atoms. The van der Waals surface area contributed by atoms with Crippen molar-refractivity contribution in [3.63, 3.8) is 0 Å². The summed E-state index contributed by atoms with van der Waals surface area (Å²) in [6, 6.07) is 0.268. The summed E-state index contributed by atoms with van der Waals surface area (Å²) in [5.74, 6) is -0.396. The van der Waals surface area contributed by atoms with Crippen molar-refractivity contribution in [3.8, 4) is 6.01 Å². The van der Waals surface area contributed by atoms with Gasteiger partial charge in [-0.25, -0.2) is 14.8 Å². The minimum absolute atomic E-state index is 0.0954. The number of carbonyl (C=O) groups is 1. The van der Waals surface area contributed by atoms with Crippen LogP contribution in [0.15, 0.2) is 16.9 Å². The maximum Gasteiger partial charge on any atom is 0.332 e. The van der Waals surface area contributed by atoms with E-state index in [1.807, 2.05) is 0 Å². The molecule has 0 saturated heterocycles. The van der Waals surface area contributed by atoms with Crippen molar-refractivity contribution in [3.05, 3.63) is 16.9 Å². The summed E-state index contributed by atoms with van der Waals surface area (Å²) < 4.78 is 16.2. The highest BCUT2D eigenvalue weighted by Crippen LogP contribution is 2.08. The molecule has 1 aromatic rings. The third-order valence-corrected chi connectivity index (χ3v) is 2.10. The normalized spacial score (nSPS) is 11.2. The van der Waals surface area contributed by atoms with Crippen molar-refractivity contribution in [2.24, 2.45) is 0 Å². The lowest BCUT2D eigenvalue weighted by atomic mass is 10.2. The summed E-state index contributed by atoms with van der Waals surface area (Å²) in [5, 5.41) is 0. The molecule has 0 fully saturated rings. The van der Waals surface area contributed by atoms with Crippen molar-refractivity contribution in [2.75, 3.05) is 19.8 Å². The number of hydrogen-bond acceptors (Lipinski definition) is 6. The fourth-order valence-corrected chi connectivity index (χ4v) is 1.30. The zero-order valence-corrected chi connectivity index (χ0v) is 12.8. The Morgan fingerprint density at radius 2 is 1.89 bits per heavy atom. The topological polar surface area (TPSA) is 70.5 Å². The van der Waals surface area contributed by atoms with Gasteiger partial charge in [-0.1, -0.05) is 0 Å². The molecular weight excluding hydrogens is 316 g/mol. The number of halogens is 1. The van der Waals surface area contributed by atoms with E-state index in [4.69, 9.17) is 14.2 Å². The number of esters is 1. The van der Waals surface area contributed by atoms with Crippen LogP contribution < -0.4 is 4.74 Å². The molecule has 0 spiro atoms. The fourth-order valence-electron chi connectivity index (χ4n) is 1.09. The molecule has 106 valence electrons. The van der Waals surface area contributed by atoms with E-state index in [-0.39, 0.29) is 25.8 Å². The maximum absolute atomic E-state index is 11.3. The number of rotatable bonds is 6. The molecule has 0 saturated carbocycles. The summed E-state index contributed by atoms with van der Waals surface area (Å²) in [5.41, 5.74) is -0.498. The van der Waals surface area contributed by atoms with E-state index in [1.54, 1.807) is 33.2 Å². The molecule has 0 unspecified atom stereocenters. The van der Waals surface area contributed by atoms with Gasteiger partial charge < -0.3 is 14.2 Å². The van der Waals surface area contributed by atoms with Gasteiger partial charge in [-0.05, 0) is 36.7 Å². The van der Waals surface area contributed by atoms with Gasteiger partial charge in [0.2, 0.25) is 0 Å². The molecule has 7 heteroatoms. The average Bonchev–Trinajstić information content (AvgIpc) is 2.29. The molecular formula is C12H17BrN2O4. The third kappa shape index (κ3) is 7.74. The standard InChI is InChI=1S/C12H17BrN2O4/c1-12(2,3)19-10(16)8-17-4-5-18-11-14-6-9(13)7-15-11/h6-7H,4-5,8H2,1-3H3. The van der Waals surface area contributed by atoms with Crippen molar-refractivity contribution < 1.29 is 19.0 Å². The summed E-state index contributed by atoms with van der Waals surface area (Å²) in [7, 11) is 0. The van der Waals surface area contributed by atoms with E-state index in [9.17, 15) is 4.79 Å². The van der Waals surface area contributed by atoms with Crippen LogP contribution in [-0.2, 0) is 14.3 Å². The van der Waals surface area contributed by atoms with Crippen LogP contribution >= 0.6 is 15.9 Å². The molecule has 0 radical (unpaired) electrons. The minimum atomic E-state index is -0.498. The number of aromatic nitrogens is 2. The van der Waals surface area contributed by atoms with Gasteiger partial charge in [0.15, 0.2) is 0 Å². The minimum Gasteiger partial charge on any atom is -0.461 e. The molecule has 19 heavy (non-hydrogen) atoms. The first kappa shape index (κ1) is 15.8. The van der Waals surface area contributed by atoms with Gasteiger partial charge in [-0.2, -0.15) is 0 Å². The van der Waals surface area contributed by atoms with Crippen LogP contribution in [0.3, 0.4) is 0 Å². The fraction of sp³-hybridized carbons (Fsp3) is 0.583. The predicted molar refractivity (Wildman–Crippen MR) is 71.9 cm³/mol. The van der Waals surface area contributed by atoms with Crippen LogP contribution in [0.1, 0.15) is 20.8 Å². The van der Waals surface area contributed by atoms with Crippen molar-refractivity contribution in [1.29, 1.82) is 0 Å². The highest BCUT2D eigenvalue weighted by Gasteiger charge is 2.15. The van der Waals surface area contributed by atoms with Crippen molar-refractivity contribution >= 4 is 21.9 Å². The Hall–Kier alpha value is -1.21. The highest BCUT2D eigenvalue weighted by molar-refractivity contribution is 9.10. The lowest BCUT2D eigenvalue weighted by Crippen LogP contribution is -2.27. The van der Waals surface area contributed by atoms with Crippen LogP contribution in [0.25, 0.3) is 0 Å². The Kier molecular flexibility index (Phi) is 6.17. The van der Waals surface area contributed by atoms with Crippen LogP contribution in [0.4, 0.5) is 0 Å². The van der Waals surface area contributed by atoms with E-state index in [0.29, 0.717) is 0 Å². The molecule has 0 aliphatic carbocycles. The van der Waals surface area contributed by atoms with Gasteiger partial charge in [0.05, 0.1) is 11.1 Å². The van der Waals surface area contributed by atoms with Crippen LogP contribution in [0.2, 0.25) is 0 Å². The zero-order valence-electron chi connectivity index (χ0n) is 11.2. The van der Waals surface area contributed by atoms with E-state index < -0.39 is 11.6 Å². The summed E-state index contributed by atoms with van der Waals surface area (Å²) >= 11 is 3.22. The average molecular weight is 333 g/mol. The maximum atomic E-state index is 11.3. The van der Waals surface area contributed by atoms with Crippen LogP contribution in [0, 0.1) is 0 Å². The molecule has 1 aromatic heterocycles. The first-order chi connectivity index (χ1) is 8.87. The molecule has 1 heterocycles. The molecule has 0 aliphatic rings. The Balaban J connectivity index is 2.11. The van der Waals surface area contributed by atoms with Gasteiger partial charge in [0, 0.05) is 12.4 Å². The summed E-state index contributed by atoms with van der Waals surface area (Å²) in [6.07, 6.45) is 3.17. The Morgan fingerprint density at radius 1 is 1.26 bits per heavy atom. The smallest absolute Gasteiger partial charge is 0.332 e. The van der Waals surface area contributed by atoms with Crippen molar-refractivity contribution in [2.45, 2.75) is 26.4 Å². The largest absolute Gasteiger partial charge is 0.461 e. The molecule has 0 aromatic carbocycles. The third-order valence-electron chi connectivity index (χ3n) is 1.70. The molecule has 0 N–H and O–H groups in total. The number of ether oxygens (including phenoxy) is 3. The van der Waals surface area contributed by atoms with Gasteiger partial charge in [0.1, 0.15) is 18.8 Å². The first-order valence-corrected chi connectivity index (χ1v) is 6.56. The predicted octanol–water partition coefficient (Wildman–Crippen LogP) is 1.98. The lowest BCUT2D eigenvalue weighted by Gasteiger charge is -2.19. The van der Waals surface area contributed by atoms with Crippen LogP contribution in [-0.4, -0.2) is 41.4 Å². The molecule has 6 nitrogen and oxygen atoms in total. The molecule has 0 amide bonds. The second-order valence-electron chi connectivity index (χ2n) is 4.67. The van der Waals surface area contributed by atoms with Gasteiger partial charge >= 0.3 is 12.0 Å². The lowest BCUT2D eigenvalue weighted by molar-refractivity contribution is -0.160. The zero-order chi connectivity index (χ0) is 14.3. The summed E-state index contributed by atoms with van der Waals surface area (Å²) in [6.45, 7) is 5.85. The number of carbonyl (C=O) groups excluding carboxylic acids is 1.